The van der Waals surface area contributed by atoms with E-state index in [-0.39, 0.29) is 30.1 Å². The first-order valence-electron chi connectivity index (χ1n) is 11.0. The van der Waals surface area contributed by atoms with Crippen LogP contribution in [0.4, 0.5) is 11.4 Å². The highest BCUT2D eigenvalue weighted by atomic mass is 16.2. The summed E-state index contributed by atoms with van der Waals surface area (Å²) in [5, 5.41) is 2.72. The number of nitrogens with one attached hydrogen (secondary N) is 1. The lowest BCUT2D eigenvalue weighted by molar-refractivity contribution is -0.137. The summed E-state index contributed by atoms with van der Waals surface area (Å²) in [6, 6.07) is 17.7. The Morgan fingerprint density at radius 2 is 1.68 bits per heavy atom. The third-order valence-corrected chi connectivity index (χ3v) is 6.27. The minimum Gasteiger partial charge on any atom is -0.342 e. The number of likely N-dealkylation sites (tertiary alicyclic amines) is 1. The summed E-state index contributed by atoms with van der Waals surface area (Å²) in [6.07, 6.45) is 3.34. The summed E-state index contributed by atoms with van der Waals surface area (Å²) in [5.74, 6) is 0.264. The number of carbonyl (C=O) groups is 3. The lowest BCUT2D eigenvalue weighted by Crippen LogP contribution is -2.42. The van der Waals surface area contributed by atoms with Crippen LogP contribution in [0.1, 0.15) is 31.7 Å². The van der Waals surface area contributed by atoms with E-state index >= 15 is 0 Å². The highest BCUT2D eigenvalue weighted by molar-refractivity contribution is 6.00. The van der Waals surface area contributed by atoms with E-state index in [9.17, 15) is 14.4 Å². The first kappa shape index (κ1) is 21.1. The molecule has 31 heavy (non-hydrogen) atoms. The first-order valence-corrected chi connectivity index (χ1v) is 11.0. The summed E-state index contributed by atoms with van der Waals surface area (Å²) in [4.78, 5) is 40.4. The van der Waals surface area contributed by atoms with Crippen molar-refractivity contribution in [3.63, 3.8) is 0 Å². The first-order chi connectivity index (χ1) is 15.0. The average Bonchev–Trinajstić information content (AvgIpc) is 3.16. The smallest absolute Gasteiger partial charge is 0.228 e. The third kappa shape index (κ3) is 5.13. The van der Waals surface area contributed by atoms with Crippen molar-refractivity contribution in [1.82, 2.24) is 4.90 Å². The number of benzene rings is 2. The molecule has 6 heteroatoms. The van der Waals surface area contributed by atoms with Gasteiger partial charge in [-0.05, 0) is 55.0 Å². The van der Waals surface area contributed by atoms with Crippen molar-refractivity contribution in [2.45, 2.75) is 32.6 Å². The molecule has 1 unspecified atom stereocenters. The molecule has 1 N–H and O–H groups in total. The molecule has 2 aliphatic heterocycles. The lowest BCUT2D eigenvalue weighted by Gasteiger charge is -2.33. The van der Waals surface area contributed by atoms with Gasteiger partial charge in [-0.2, -0.15) is 0 Å². The van der Waals surface area contributed by atoms with Crippen LogP contribution < -0.4 is 10.2 Å². The van der Waals surface area contributed by atoms with E-state index in [2.05, 4.69) is 29.6 Å². The molecule has 0 radical (unpaired) electrons. The van der Waals surface area contributed by atoms with Gasteiger partial charge in [0.2, 0.25) is 17.7 Å². The van der Waals surface area contributed by atoms with Crippen LogP contribution in [0.2, 0.25) is 0 Å². The molecule has 2 aliphatic rings. The van der Waals surface area contributed by atoms with E-state index in [1.165, 1.54) is 12.5 Å². The number of rotatable bonds is 5. The summed E-state index contributed by atoms with van der Waals surface area (Å²) in [7, 11) is 0. The van der Waals surface area contributed by atoms with E-state index < -0.39 is 0 Å². The van der Waals surface area contributed by atoms with Gasteiger partial charge in [0, 0.05) is 44.4 Å². The van der Waals surface area contributed by atoms with Gasteiger partial charge in [0.25, 0.3) is 0 Å². The van der Waals surface area contributed by atoms with Gasteiger partial charge >= 0.3 is 0 Å². The second kappa shape index (κ2) is 9.33. The van der Waals surface area contributed by atoms with Gasteiger partial charge < -0.3 is 15.1 Å². The van der Waals surface area contributed by atoms with Crippen LogP contribution in [0.3, 0.4) is 0 Å². The van der Waals surface area contributed by atoms with Crippen molar-refractivity contribution in [1.29, 1.82) is 0 Å². The fourth-order valence-corrected chi connectivity index (χ4v) is 4.61. The molecule has 162 valence electrons. The molecule has 0 saturated carbocycles. The summed E-state index contributed by atoms with van der Waals surface area (Å²) in [6.45, 7) is 3.42. The van der Waals surface area contributed by atoms with Crippen LogP contribution >= 0.6 is 0 Å². The van der Waals surface area contributed by atoms with Gasteiger partial charge in [-0.3, -0.25) is 14.4 Å². The van der Waals surface area contributed by atoms with Crippen LogP contribution in [-0.4, -0.2) is 42.3 Å². The molecule has 2 saturated heterocycles. The Labute approximate surface area is 183 Å². The van der Waals surface area contributed by atoms with E-state index in [4.69, 9.17) is 0 Å². The second-order valence-corrected chi connectivity index (χ2v) is 8.59. The monoisotopic (exact) mass is 419 g/mol. The van der Waals surface area contributed by atoms with Crippen LogP contribution in [0.25, 0.3) is 0 Å². The summed E-state index contributed by atoms with van der Waals surface area (Å²) < 4.78 is 0. The normalized spacial score (nSPS) is 19.5. The maximum Gasteiger partial charge on any atom is 0.228 e. The number of nitrogens with zero attached hydrogens (tertiary/aromatic N) is 2. The Morgan fingerprint density at radius 3 is 2.32 bits per heavy atom. The van der Waals surface area contributed by atoms with Gasteiger partial charge in [-0.25, -0.2) is 0 Å². The zero-order valence-electron chi connectivity index (χ0n) is 17.9. The lowest BCUT2D eigenvalue weighted by atomic mass is 9.89. The quantitative estimate of drug-likeness (QED) is 0.807. The third-order valence-electron chi connectivity index (χ3n) is 6.27. The molecule has 3 amide bonds. The topological polar surface area (TPSA) is 69.7 Å². The molecule has 4 rings (SSSR count). The molecule has 2 heterocycles. The molecule has 0 aromatic heterocycles. The second-order valence-electron chi connectivity index (χ2n) is 8.59. The van der Waals surface area contributed by atoms with Crippen LogP contribution in [0.5, 0.6) is 0 Å². The summed E-state index contributed by atoms with van der Waals surface area (Å²) in [5.41, 5.74) is 2.80. The molecular formula is C25H29N3O3. The number of piperidine rings is 1. The van der Waals surface area contributed by atoms with E-state index in [1.54, 1.807) is 17.0 Å². The van der Waals surface area contributed by atoms with E-state index in [0.29, 0.717) is 18.2 Å². The van der Waals surface area contributed by atoms with Crippen molar-refractivity contribution in [2.75, 3.05) is 29.9 Å². The molecule has 0 aliphatic carbocycles. The van der Waals surface area contributed by atoms with E-state index in [0.717, 1.165) is 38.0 Å². The Morgan fingerprint density at radius 1 is 1.00 bits per heavy atom. The van der Waals surface area contributed by atoms with Crippen molar-refractivity contribution < 1.29 is 14.4 Å². The molecule has 1 atom stereocenters. The van der Waals surface area contributed by atoms with Crippen LogP contribution in [0, 0.1) is 11.8 Å². The number of hydrogen-bond donors (Lipinski definition) is 1. The Hall–Kier alpha value is -3.15. The van der Waals surface area contributed by atoms with Crippen LogP contribution in [-0.2, 0) is 20.8 Å². The molecule has 2 aromatic carbocycles. The van der Waals surface area contributed by atoms with Crippen molar-refractivity contribution >= 4 is 29.1 Å². The van der Waals surface area contributed by atoms with Crippen molar-refractivity contribution in [2.24, 2.45) is 11.8 Å². The average molecular weight is 420 g/mol. The van der Waals surface area contributed by atoms with Gasteiger partial charge in [-0.15, -0.1) is 0 Å². The van der Waals surface area contributed by atoms with E-state index in [1.807, 2.05) is 23.1 Å². The minimum absolute atomic E-state index is 0.0235. The molecule has 2 aromatic rings. The number of amides is 3. The Bertz CT molecular complexity index is 934. The minimum atomic E-state index is -0.284. The SMILES string of the molecule is CC(=O)Nc1ccc(N2CC(C(=O)N3CCC(Cc4ccccc4)CC3)CC2=O)cc1. The van der Waals surface area contributed by atoms with Crippen molar-refractivity contribution in [3.8, 4) is 0 Å². The molecule has 0 spiro atoms. The van der Waals surface area contributed by atoms with Gasteiger partial charge in [0.15, 0.2) is 0 Å². The Balaban J connectivity index is 1.31. The van der Waals surface area contributed by atoms with Gasteiger partial charge in [-0.1, -0.05) is 30.3 Å². The highest BCUT2D eigenvalue weighted by Gasteiger charge is 2.38. The standard InChI is InChI=1S/C25H29N3O3/c1-18(29)26-22-7-9-23(10-8-22)28-17-21(16-24(28)30)25(31)27-13-11-20(12-14-27)15-19-5-3-2-4-6-19/h2-10,20-21H,11-17H2,1H3,(H,26,29). The number of anilines is 2. The predicted octanol–water partition coefficient (Wildman–Crippen LogP) is 3.48. The molecule has 2 fully saturated rings. The largest absolute Gasteiger partial charge is 0.342 e. The van der Waals surface area contributed by atoms with Crippen molar-refractivity contribution in [3.05, 3.63) is 60.2 Å². The zero-order valence-corrected chi connectivity index (χ0v) is 17.9. The number of carbonyl (C=O) groups excluding carboxylic acids is 3. The maximum atomic E-state index is 13.1. The van der Waals surface area contributed by atoms with Crippen LogP contribution in [0.15, 0.2) is 54.6 Å². The predicted molar refractivity (Wildman–Crippen MR) is 121 cm³/mol. The molecule has 6 nitrogen and oxygen atoms in total. The van der Waals surface area contributed by atoms with Gasteiger partial charge in [0.1, 0.15) is 0 Å². The molecule has 0 bridgehead atoms. The van der Waals surface area contributed by atoms with Gasteiger partial charge in [0.05, 0.1) is 5.92 Å². The maximum absolute atomic E-state index is 13.1. The molecular weight excluding hydrogens is 390 g/mol. The summed E-state index contributed by atoms with van der Waals surface area (Å²) >= 11 is 0. The fourth-order valence-electron chi connectivity index (χ4n) is 4.61. The highest BCUT2D eigenvalue weighted by Crippen LogP contribution is 2.29. The zero-order chi connectivity index (χ0) is 21.8. The Kier molecular flexibility index (Phi) is 6.35. The fraction of sp³-hybridized carbons (Fsp3) is 0.400. The number of hydrogen-bond acceptors (Lipinski definition) is 3.